The first kappa shape index (κ1) is 32.3. The molecule has 230 valence electrons. The van der Waals surface area contributed by atoms with Crippen LogP contribution in [-0.2, 0) is 37.3 Å². The standard InChI is InChI=1S/C33H40N2O7S/c1-23-9-7-8-12-28(23)30-17-25(13-14-29(30)32(36)34-31(33(37)38)15-16-43(3,39)40)19-35-20-27(41-2)18-26(35)22-42-21-24-10-5-4-6-11-24/h4-14,17,26-27,31H,15-16,18-22H2,1-3H3,(H,34,36)(H,37,38)/t26-,27?,31-/m0/s1. The highest BCUT2D eigenvalue weighted by Crippen LogP contribution is 2.30. The van der Waals surface area contributed by atoms with Crippen LogP contribution in [0.1, 0.15) is 39.9 Å². The number of rotatable bonds is 14. The zero-order valence-electron chi connectivity index (χ0n) is 24.9. The van der Waals surface area contributed by atoms with Crippen molar-refractivity contribution in [2.45, 2.75) is 51.1 Å². The Hall–Kier alpha value is -3.57. The van der Waals surface area contributed by atoms with Crippen molar-refractivity contribution in [2.75, 3.05) is 32.3 Å². The van der Waals surface area contributed by atoms with Crippen molar-refractivity contribution in [1.82, 2.24) is 10.2 Å². The van der Waals surface area contributed by atoms with Crippen molar-refractivity contribution in [2.24, 2.45) is 0 Å². The highest BCUT2D eigenvalue weighted by atomic mass is 32.2. The van der Waals surface area contributed by atoms with E-state index < -0.39 is 27.8 Å². The fourth-order valence-corrected chi connectivity index (χ4v) is 6.07. The Labute approximate surface area is 253 Å². The van der Waals surface area contributed by atoms with Gasteiger partial charge in [-0.25, -0.2) is 13.2 Å². The zero-order valence-corrected chi connectivity index (χ0v) is 25.7. The van der Waals surface area contributed by atoms with Crippen LogP contribution in [0.4, 0.5) is 0 Å². The number of amides is 1. The average molecular weight is 609 g/mol. The van der Waals surface area contributed by atoms with E-state index in [1.165, 1.54) is 0 Å². The molecule has 0 bridgehead atoms. The summed E-state index contributed by atoms with van der Waals surface area (Å²) in [5.41, 5.74) is 4.94. The second-order valence-corrected chi connectivity index (χ2v) is 13.4. The lowest BCUT2D eigenvalue weighted by Gasteiger charge is -2.25. The molecule has 9 nitrogen and oxygen atoms in total. The molecule has 0 aromatic heterocycles. The van der Waals surface area contributed by atoms with E-state index in [0.717, 1.165) is 41.5 Å². The average Bonchev–Trinajstić information content (AvgIpc) is 3.36. The molecule has 1 amide bonds. The van der Waals surface area contributed by atoms with Crippen LogP contribution in [-0.4, -0.2) is 80.8 Å². The third-order valence-electron chi connectivity index (χ3n) is 7.77. The topological polar surface area (TPSA) is 122 Å². The van der Waals surface area contributed by atoms with Crippen LogP contribution in [0.3, 0.4) is 0 Å². The SMILES string of the molecule is COC1C[C@@H](COCc2ccccc2)N(Cc2ccc(C(=O)N[C@@H](CCS(C)(=O)=O)C(=O)O)c(-c3ccccc3C)c2)C1. The van der Waals surface area contributed by atoms with Crippen LogP contribution in [0.15, 0.2) is 72.8 Å². The van der Waals surface area contributed by atoms with Crippen LogP contribution < -0.4 is 5.32 Å². The minimum absolute atomic E-state index is 0.0890. The zero-order chi connectivity index (χ0) is 31.0. The fraction of sp³-hybridized carbons (Fsp3) is 0.394. The van der Waals surface area contributed by atoms with Gasteiger partial charge in [-0.1, -0.05) is 60.7 Å². The summed E-state index contributed by atoms with van der Waals surface area (Å²) in [6.07, 6.45) is 1.76. The Kier molecular flexibility index (Phi) is 11.1. The number of carbonyl (C=O) groups is 2. The summed E-state index contributed by atoms with van der Waals surface area (Å²) in [7, 11) is -1.67. The third kappa shape index (κ3) is 9.21. The van der Waals surface area contributed by atoms with Gasteiger partial charge in [0.05, 0.1) is 25.1 Å². The van der Waals surface area contributed by atoms with E-state index in [0.29, 0.717) is 30.9 Å². The first-order valence-electron chi connectivity index (χ1n) is 14.3. The van der Waals surface area contributed by atoms with Crippen LogP contribution in [0.2, 0.25) is 0 Å². The molecule has 3 atom stereocenters. The van der Waals surface area contributed by atoms with Gasteiger partial charge in [-0.15, -0.1) is 0 Å². The summed E-state index contributed by atoms with van der Waals surface area (Å²) < 4.78 is 35.0. The lowest BCUT2D eigenvalue weighted by Crippen LogP contribution is -2.42. The van der Waals surface area contributed by atoms with Crippen molar-refractivity contribution < 1.29 is 32.6 Å². The Morgan fingerprint density at radius 1 is 1.02 bits per heavy atom. The number of hydrogen-bond acceptors (Lipinski definition) is 7. The molecule has 1 saturated heterocycles. The number of aryl methyl sites for hydroxylation is 1. The second-order valence-electron chi connectivity index (χ2n) is 11.2. The van der Waals surface area contributed by atoms with E-state index in [9.17, 15) is 23.1 Å². The quantitative estimate of drug-likeness (QED) is 0.281. The van der Waals surface area contributed by atoms with Gasteiger partial charge in [0, 0.05) is 38.1 Å². The number of carboxylic acid groups (broad SMARTS) is 1. The van der Waals surface area contributed by atoms with Gasteiger partial charge in [-0.2, -0.15) is 0 Å². The van der Waals surface area contributed by atoms with Crippen molar-refractivity contribution in [1.29, 1.82) is 0 Å². The van der Waals surface area contributed by atoms with Gasteiger partial charge in [0.15, 0.2) is 0 Å². The van der Waals surface area contributed by atoms with E-state index >= 15 is 0 Å². The van der Waals surface area contributed by atoms with E-state index in [-0.39, 0.29) is 24.3 Å². The number of nitrogens with zero attached hydrogens (tertiary/aromatic N) is 1. The Bertz CT molecular complexity index is 1510. The number of nitrogens with one attached hydrogen (secondary N) is 1. The first-order valence-corrected chi connectivity index (χ1v) is 16.4. The van der Waals surface area contributed by atoms with Gasteiger partial charge in [-0.05, 0) is 59.7 Å². The number of carboxylic acids is 1. The van der Waals surface area contributed by atoms with Gasteiger partial charge in [0.1, 0.15) is 15.9 Å². The molecule has 43 heavy (non-hydrogen) atoms. The predicted octanol–water partition coefficient (Wildman–Crippen LogP) is 4.09. The van der Waals surface area contributed by atoms with Crippen molar-refractivity contribution in [3.63, 3.8) is 0 Å². The number of methoxy groups -OCH3 is 1. The first-order chi connectivity index (χ1) is 20.5. The molecule has 0 spiro atoms. The summed E-state index contributed by atoms with van der Waals surface area (Å²) >= 11 is 0. The molecule has 3 aromatic rings. The predicted molar refractivity (Wildman–Crippen MR) is 166 cm³/mol. The number of ether oxygens (including phenoxy) is 2. The normalized spacial score (nSPS) is 17.9. The molecule has 2 N–H and O–H groups in total. The van der Waals surface area contributed by atoms with E-state index in [2.05, 4.69) is 10.2 Å². The molecule has 1 fully saturated rings. The van der Waals surface area contributed by atoms with Gasteiger partial charge in [0.2, 0.25) is 0 Å². The molecule has 4 rings (SSSR count). The van der Waals surface area contributed by atoms with Crippen molar-refractivity contribution in [3.05, 3.63) is 95.1 Å². The minimum atomic E-state index is -3.40. The smallest absolute Gasteiger partial charge is 0.326 e. The molecule has 0 saturated carbocycles. The summed E-state index contributed by atoms with van der Waals surface area (Å²) in [5, 5.41) is 12.2. The minimum Gasteiger partial charge on any atom is -0.480 e. The second kappa shape index (κ2) is 14.7. The number of sulfone groups is 1. The largest absolute Gasteiger partial charge is 0.480 e. The highest BCUT2D eigenvalue weighted by Gasteiger charge is 2.32. The Morgan fingerprint density at radius 2 is 1.74 bits per heavy atom. The molecule has 10 heteroatoms. The molecule has 1 unspecified atom stereocenters. The van der Waals surface area contributed by atoms with E-state index in [1.807, 2.05) is 73.7 Å². The number of benzene rings is 3. The van der Waals surface area contributed by atoms with E-state index in [1.54, 1.807) is 13.2 Å². The maximum atomic E-state index is 13.4. The fourth-order valence-electron chi connectivity index (χ4n) is 5.41. The molecule has 1 aliphatic rings. The molecular formula is C33H40N2O7S. The van der Waals surface area contributed by atoms with Crippen LogP contribution in [0.5, 0.6) is 0 Å². The Balaban J connectivity index is 1.56. The Morgan fingerprint density at radius 3 is 2.42 bits per heavy atom. The van der Waals surface area contributed by atoms with Crippen molar-refractivity contribution >= 4 is 21.7 Å². The number of aliphatic carboxylic acids is 1. The van der Waals surface area contributed by atoms with Gasteiger partial charge in [0.25, 0.3) is 5.91 Å². The lowest BCUT2D eigenvalue weighted by molar-refractivity contribution is -0.139. The molecule has 0 aliphatic carbocycles. The summed E-state index contributed by atoms with van der Waals surface area (Å²) in [5.74, 6) is -2.20. The summed E-state index contributed by atoms with van der Waals surface area (Å²) in [6, 6.07) is 22.2. The molecular weight excluding hydrogens is 568 g/mol. The molecule has 1 aliphatic heterocycles. The van der Waals surface area contributed by atoms with Gasteiger partial charge in [-0.3, -0.25) is 9.69 Å². The monoisotopic (exact) mass is 608 g/mol. The van der Waals surface area contributed by atoms with Gasteiger partial charge >= 0.3 is 5.97 Å². The number of likely N-dealkylation sites (tertiary alicyclic amines) is 1. The highest BCUT2D eigenvalue weighted by molar-refractivity contribution is 7.90. The number of hydrogen-bond donors (Lipinski definition) is 2. The third-order valence-corrected chi connectivity index (χ3v) is 8.75. The lowest BCUT2D eigenvalue weighted by atomic mass is 9.93. The van der Waals surface area contributed by atoms with Crippen molar-refractivity contribution in [3.8, 4) is 11.1 Å². The number of carbonyl (C=O) groups excluding carboxylic acids is 1. The summed E-state index contributed by atoms with van der Waals surface area (Å²) in [6.45, 7) is 4.42. The van der Waals surface area contributed by atoms with Crippen LogP contribution >= 0.6 is 0 Å². The molecule has 3 aromatic carbocycles. The molecule has 0 radical (unpaired) electrons. The maximum absolute atomic E-state index is 13.4. The van der Waals surface area contributed by atoms with Crippen LogP contribution in [0, 0.1) is 6.92 Å². The maximum Gasteiger partial charge on any atom is 0.326 e. The molecule has 1 heterocycles. The van der Waals surface area contributed by atoms with Crippen LogP contribution in [0.25, 0.3) is 11.1 Å². The van der Waals surface area contributed by atoms with E-state index in [4.69, 9.17) is 9.47 Å². The van der Waals surface area contributed by atoms with Gasteiger partial charge < -0.3 is 19.9 Å². The summed E-state index contributed by atoms with van der Waals surface area (Å²) in [4.78, 5) is 27.6.